The van der Waals surface area contributed by atoms with Gasteiger partial charge in [0.25, 0.3) is 5.19 Å². The van der Waals surface area contributed by atoms with E-state index in [-0.39, 0.29) is 0 Å². The van der Waals surface area contributed by atoms with Crippen molar-refractivity contribution in [1.82, 2.24) is 10.3 Å². The lowest BCUT2D eigenvalue weighted by Gasteiger charge is -2.01. The van der Waals surface area contributed by atoms with Crippen molar-refractivity contribution in [2.24, 2.45) is 0 Å². The van der Waals surface area contributed by atoms with Crippen molar-refractivity contribution in [1.29, 1.82) is 0 Å². The van der Waals surface area contributed by atoms with Crippen LogP contribution in [0.3, 0.4) is 0 Å². The van der Waals surface area contributed by atoms with E-state index in [9.17, 15) is 0 Å². The number of rotatable bonds is 6. The molecule has 1 rings (SSSR count). The van der Waals surface area contributed by atoms with Crippen LogP contribution >= 0.6 is 11.3 Å². The van der Waals surface area contributed by atoms with Crippen molar-refractivity contribution >= 4 is 11.3 Å². The molecule has 0 saturated heterocycles. The van der Waals surface area contributed by atoms with Gasteiger partial charge in [-0.05, 0) is 13.0 Å². The highest BCUT2D eigenvalue weighted by Crippen LogP contribution is 2.17. The molecule has 0 saturated carbocycles. The molecule has 0 atom stereocenters. The second-order valence-electron chi connectivity index (χ2n) is 2.66. The summed E-state index contributed by atoms with van der Waals surface area (Å²) in [7, 11) is 0. The van der Waals surface area contributed by atoms with Gasteiger partial charge in [0.15, 0.2) is 0 Å². The Labute approximate surface area is 83.1 Å². The number of nitrogens with zero attached hydrogens (tertiary/aromatic N) is 1. The van der Waals surface area contributed by atoms with E-state index in [0.717, 1.165) is 30.4 Å². The molecule has 13 heavy (non-hydrogen) atoms. The predicted molar refractivity (Wildman–Crippen MR) is 55.5 cm³/mol. The van der Waals surface area contributed by atoms with Gasteiger partial charge < -0.3 is 10.1 Å². The van der Waals surface area contributed by atoms with Crippen LogP contribution in [-0.4, -0.2) is 24.7 Å². The molecule has 0 aliphatic heterocycles. The molecule has 0 bridgehead atoms. The molecule has 0 fully saturated rings. The third kappa shape index (κ3) is 3.74. The maximum absolute atomic E-state index is 5.44. The molecule has 4 heteroatoms. The first-order valence-electron chi connectivity index (χ1n) is 4.64. The van der Waals surface area contributed by atoms with Gasteiger partial charge in [-0.15, -0.1) is 0 Å². The molecule has 0 unspecified atom stereocenters. The summed E-state index contributed by atoms with van der Waals surface area (Å²) in [5, 5.41) is 6.02. The van der Waals surface area contributed by atoms with E-state index in [2.05, 4.69) is 24.1 Å². The highest BCUT2D eigenvalue weighted by atomic mass is 32.1. The van der Waals surface area contributed by atoms with E-state index in [1.54, 1.807) is 11.3 Å². The Hall–Kier alpha value is -0.610. The second kappa shape index (κ2) is 5.94. The van der Waals surface area contributed by atoms with Gasteiger partial charge in [0, 0.05) is 11.9 Å². The van der Waals surface area contributed by atoms with Crippen LogP contribution in [0.25, 0.3) is 0 Å². The van der Waals surface area contributed by atoms with Crippen LogP contribution in [0.2, 0.25) is 0 Å². The fourth-order valence-corrected chi connectivity index (χ4v) is 1.68. The molecule has 3 nitrogen and oxygen atoms in total. The average Bonchev–Trinajstić information content (AvgIpc) is 2.60. The van der Waals surface area contributed by atoms with Crippen molar-refractivity contribution < 1.29 is 4.74 Å². The zero-order valence-corrected chi connectivity index (χ0v) is 8.99. The number of nitrogens with one attached hydrogen (secondary N) is 1. The Morgan fingerprint density at radius 2 is 2.38 bits per heavy atom. The first-order chi connectivity index (χ1) is 6.36. The van der Waals surface area contributed by atoms with Crippen LogP contribution < -0.4 is 10.1 Å². The smallest absolute Gasteiger partial charge is 0.273 e. The molecule has 74 valence electrons. The van der Waals surface area contributed by atoms with Gasteiger partial charge in [0.2, 0.25) is 0 Å². The Bertz CT molecular complexity index is 237. The average molecular weight is 200 g/mol. The molecule has 0 aliphatic rings. The molecule has 0 radical (unpaired) electrons. The van der Waals surface area contributed by atoms with Crippen LogP contribution in [-0.2, 0) is 6.42 Å². The summed E-state index contributed by atoms with van der Waals surface area (Å²) < 4.78 is 5.44. The van der Waals surface area contributed by atoms with Gasteiger partial charge in [-0.1, -0.05) is 25.2 Å². The molecule has 1 aromatic rings. The summed E-state index contributed by atoms with van der Waals surface area (Å²) >= 11 is 1.57. The van der Waals surface area contributed by atoms with Crippen LogP contribution in [0, 0.1) is 0 Å². The quantitative estimate of drug-likeness (QED) is 0.710. The third-order valence-corrected chi connectivity index (χ3v) is 2.45. The zero-order valence-electron chi connectivity index (χ0n) is 8.17. The Balaban J connectivity index is 2.20. The van der Waals surface area contributed by atoms with E-state index in [1.807, 2.05) is 5.38 Å². The maximum Gasteiger partial charge on any atom is 0.273 e. The van der Waals surface area contributed by atoms with Gasteiger partial charge in [-0.2, -0.15) is 0 Å². The van der Waals surface area contributed by atoms with Gasteiger partial charge in [-0.3, -0.25) is 0 Å². The van der Waals surface area contributed by atoms with Crippen molar-refractivity contribution in [3.05, 3.63) is 11.1 Å². The van der Waals surface area contributed by atoms with Gasteiger partial charge in [0.05, 0.1) is 5.69 Å². The van der Waals surface area contributed by atoms with Gasteiger partial charge in [-0.25, -0.2) is 4.98 Å². The minimum Gasteiger partial charge on any atom is -0.469 e. The monoisotopic (exact) mass is 200 g/mol. The molecular weight excluding hydrogens is 184 g/mol. The number of hydrogen-bond donors (Lipinski definition) is 1. The molecule has 1 heterocycles. The maximum atomic E-state index is 5.44. The molecule has 0 aliphatic carbocycles. The highest BCUT2D eigenvalue weighted by Gasteiger charge is 1.99. The standard InChI is InChI=1S/C9H16N2OS/c1-3-8-7-13-9(11-8)12-6-5-10-4-2/h7,10H,3-6H2,1-2H3. The molecule has 0 spiro atoms. The fourth-order valence-electron chi connectivity index (χ4n) is 0.904. The second-order valence-corrected chi connectivity index (χ2v) is 3.48. The number of hydrogen-bond acceptors (Lipinski definition) is 4. The zero-order chi connectivity index (χ0) is 9.52. The molecule has 0 aromatic carbocycles. The number of aromatic nitrogens is 1. The van der Waals surface area contributed by atoms with Crippen LogP contribution in [0.15, 0.2) is 5.38 Å². The summed E-state index contributed by atoms with van der Waals surface area (Å²) in [6.07, 6.45) is 0.979. The first kappa shape index (κ1) is 10.5. The number of aryl methyl sites for hydroxylation is 1. The molecular formula is C9H16N2OS. The molecule has 1 N–H and O–H groups in total. The topological polar surface area (TPSA) is 34.1 Å². The Morgan fingerprint density at radius 3 is 3.00 bits per heavy atom. The predicted octanol–water partition coefficient (Wildman–Crippen LogP) is 1.69. The Morgan fingerprint density at radius 1 is 1.54 bits per heavy atom. The lowest BCUT2D eigenvalue weighted by atomic mass is 10.4. The van der Waals surface area contributed by atoms with E-state index in [1.165, 1.54) is 0 Å². The molecule has 0 amide bonds. The van der Waals surface area contributed by atoms with Crippen molar-refractivity contribution in [2.45, 2.75) is 20.3 Å². The summed E-state index contributed by atoms with van der Waals surface area (Å²) in [5.41, 5.74) is 1.11. The van der Waals surface area contributed by atoms with E-state index < -0.39 is 0 Å². The van der Waals surface area contributed by atoms with Crippen molar-refractivity contribution in [3.63, 3.8) is 0 Å². The number of thiazole rings is 1. The number of ether oxygens (including phenoxy) is 1. The van der Waals surface area contributed by atoms with E-state index >= 15 is 0 Å². The highest BCUT2D eigenvalue weighted by molar-refractivity contribution is 7.11. The van der Waals surface area contributed by atoms with Crippen LogP contribution in [0.4, 0.5) is 0 Å². The lowest BCUT2D eigenvalue weighted by molar-refractivity contribution is 0.313. The fraction of sp³-hybridized carbons (Fsp3) is 0.667. The summed E-state index contributed by atoms with van der Waals surface area (Å²) in [6, 6.07) is 0. The van der Waals surface area contributed by atoms with Crippen LogP contribution in [0.5, 0.6) is 5.19 Å². The summed E-state index contributed by atoms with van der Waals surface area (Å²) in [6.45, 7) is 6.75. The summed E-state index contributed by atoms with van der Waals surface area (Å²) in [4.78, 5) is 4.29. The minimum absolute atomic E-state index is 0.699. The normalized spacial score (nSPS) is 10.3. The Kier molecular flexibility index (Phi) is 4.78. The summed E-state index contributed by atoms with van der Waals surface area (Å²) in [5.74, 6) is 0. The minimum atomic E-state index is 0.699. The number of likely N-dealkylation sites (N-methyl/N-ethyl adjacent to an activating group) is 1. The van der Waals surface area contributed by atoms with Gasteiger partial charge >= 0.3 is 0 Å². The molecule has 1 aromatic heterocycles. The van der Waals surface area contributed by atoms with Gasteiger partial charge in [0.1, 0.15) is 6.61 Å². The van der Waals surface area contributed by atoms with E-state index in [4.69, 9.17) is 4.74 Å². The van der Waals surface area contributed by atoms with Crippen molar-refractivity contribution in [2.75, 3.05) is 19.7 Å². The largest absolute Gasteiger partial charge is 0.469 e. The van der Waals surface area contributed by atoms with Crippen LogP contribution in [0.1, 0.15) is 19.5 Å². The SMILES string of the molecule is CCNCCOc1nc(CC)cs1. The third-order valence-electron chi connectivity index (χ3n) is 1.65. The van der Waals surface area contributed by atoms with Crippen molar-refractivity contribution in [3.8, 4) is 5.19 Å². The van der Waals surface area contributed by atoms with E-state index in [0.29, 0.717) is 6.61 Å². The lowest BCUT2D eigenvalue weighted by Crippen LogP contribution is -2.20. The first-order valence-corrected chi connectivity index (χ1v) is 5.52.